The van der Waals surface area contributed by atoms with E-state index in [-0.39, 0.29) is 5.91 Å². The second-order valence-electron chi connectivity index (χ2n) is 6.31. The third-order valence-corrected chi connectivity index (χ3v) is 5.73. The Morgan fingerprint density at radius 3 is 2.76 bits per heavy atom. The Bertz CT molecular complexity index is 791. The van der Waals surface area contributed by atoms with E-state index in [2.05, 4.69) is 10.9 Å². The summed E-state index contributed by atoms with van der Waals surface area (Å²) in [5, 5.41) is 0. The Kier molecular flexibility index (Phi) is 5.08. The van der Waals surface area contributed by atoms with Gasteiger partial charge in [-0.2, -0.15) is 0 Å². The second kappa shape index (κ2) is 7.27. The van der Waals surface area contributed by atoms with Crippen LogP contribution in [0.1, 0.15) is 44.6 Å². The van der Waals surface area contributed by atoms with Crippen LogP contribution in [0.2, 0.25) is 0 Å². The third kappa shape index (κ3) is 3.85. The molecule has 2 amide bonds. The quantitative estimate of drug-likeness (QED) is 0.826. The minimum Gasteiger partial charge on any atom is -0.481 e. The summed E-state index contributed by atoms with van der Waals surface area (Å²) in [5.74, 6) is -0.00584. The molecule has 0 aliphatic heterocycles. The van der Waals surface area contributed by atoms with Crippen LogP contribution in [0.15, 0.2) is 24.3 Å². The molecular weight excluding hydrogens is 336 g/mol. The summed E-state index contributed by atoms with van der Waals surface area (Å²) >= 11 is 1.50. The molecule has 2 aromatic rings. The molecule has 1 heterocycles. The van der Waals surface area contributed by atoms with Crippen molar-refractivity contribution in [3.63, 3.8) is 0 Å². The highest BCUT2D eigenvalue weighted by molar-refractivity contribution is 7.14. The van der Waals surface area contributed by atoms with Gasteiger partial charge in [0.25, 0.3) is 11.8 Å². The summed E-state index contributed by atoms with van der Waals surface area (Å²) in [6.45, 7) is 5.60. The highest BCUT2D eigenvalue weighted by Crippen LogP contribution is 2.30. The molecule has 0 fully saturated rings. The van der Waals surface area contributed by atoms with Gasteiger partial charge in [-0.3, -0.25) is 20.4 Å². The van der Waals surface area contributed by atoms with E-state index in [9.17, 15) is 9.59 Å². The topological polar surface area (TPSA) is 67.4 Å². The lowest BCUT2D eigenvalue weighted by Gasteiger charge is -2.17. The van der Waals surface area contributed by atoms with Gasteiger partial charge in [0.2, 0.25) is 0 Å². The zero-order chi connectivity index (χ0) is 18.0. The van der Waals surface area contributed by atoms with Crippen molar-refractivity contribution in [1.82, 2.24) is 10.9 Å². The molecule has 0 saturated carbocycles. The monoisotopic (exact) mass is 358 g/mol. The molecule has 1 aliphatic rings. The van der Waals surface area contributed by atoms with Gasteiger partial charge in [0, 0.05) is 4.88 Å². The second-order valence-corrected chi connectivity index (χ2v) is 7.45. The van der Waals surface area contributed by atoms with Gasteiger partial charge >= 0.3 is 0 Å². The van der Waals surface area contributed by atoms with Crippen LogP contribution < -0.4 is 15.6 Å². The summed E-state index contributed by atoms with van der Waals surface area (Å²) in [5.41, 5.74) is 8.27. The average molecular weight is 358 g/mol. The third-order valence-electron chi connectivity index (χ3n) is 4.50. The minimum atomic E-state index is -0.714. The van der Waals surface area contributed by atoms with Crippen molar-refractivity contribution in [2.75, 3.05) is 0 Å². The summed E-state index contributed by atoms with van der Waals surface area (Å²) in [7, 11) is 0. The fraction of sp³-hybridized carbons (Fsp3) is 0.368. The van der Waals surface area contributed by atoms with Crippen LogP contribution in [0, 0.1) is 13.8 Å². The molecule has 0 spiro atoms. The Balaban J connectivity index is 1.54. The molecule has 1 aromatic heterocycles. The first kappa shape index (κ1) is 17.5. The van der Waals surface area contributed by atoms with Crippen LogP contribution in [0.3, 0.4) is 0 Å². The molecule has 3 rings (SSSR count). The lowest BCUT2D eigenvalue weighted by molar-refractivity contribution is -0.128. The molecule has 0 saturated heterocycles. The fourth-order valence-electron chi connectivity index (χ4n) is 2.82. The molecule has 132 valence electrons. The molecule has 1 aliphatic carbocycles. The number of fused-ring (bicyclic) bond motifs is 1. The van der Waals surface area contributed by atoms with Crippen LogP contribution in [-0.2, 0) is 17.6 Å². The summed E-state index contributed by atoms with van der Waals surface area (Å²) < 4.78 is 5.71. The maximum absolute atomic E-state index is 12.2. The van der Waals surface area contributed by atoms with E-state index in [1.54, 1.807) is 6.92 Å². The molecule has 5 nitrogen and oxygen atoms in total. The number of ether oxygens (including phenoxy) is 1. The van der Waals surface area contributed by atoms with Crippen LogP contribution in [-0.4, -0.2) is 17.9 Å². The molecule has 0 unspecified atom stereocenters. The number of hydrogen-bond donors (Lipinski definition) is 2. The molecule has 25 heavy (non-hydrogen) atoms. The van der Waals surface area contributed by atoms with Crippen molar-refractivity contribution >= 4 is 23.2 Å². The fourth-order valence-corrected chi connectivity index (χ4v) is 3.97. The number of thiophene rings is 1. The van der Waals surface area contributed by atoms with Crippen molar-refractivity contribution in [2.45, 2.75) is 46.1 Å². The average Bonchev–Trinajstić information content (AvgIpc) is 3.18. The van der Waals surface area contributed by atoms with Crippen LogP contribution >= 0.6 is 11.3 Å². The normalized spacial score (nSPS) is 13.9. The lowest BCUT2D eigenvalue weighted by Crippen LogP contribution is -2.47. The van der Waals surface area contributed by atoms with E-state index in [0.717, 1.165) is 30.4 Å². The standard InChI is InChI=1S/C19H22N2O3S/c1-11-6-4-8-15(12(11)2)24-13(3)18(22)20-21-19(23)17-10-14-7-5-9-16(14)25-17/h4,6,8,10,13H,5,7,9H2,1-3H3,(H,20,22)(H,21,23)/t13-/m0/s1. The summed E-state index contributed by atoms with van der Waals surface area (Å²) in [6, 6.07) is 7.63. The van der Waals surface area contributed by atoms with E-state index >= 15 is 0 Å². The van der Waals surface area contributed by atoms with Crippen LogP contribution in [0.5, 0.6) is 5.75 Å². The Hall–Kier alpha value is -2.34. The number of benzene rings is 1. The molecule has 1 atom stereocenters. The summed E-state index contributed by atoms with van der Waals surface area (Å²) in [4.78, 5) is 26.3. The van der Waals surface area contributed by atoms with Gasteiger partial charge in [-0.05, 0) is 68.9 Å². The number of hydrazine groups is 1. The van der Waals surface area contributed by atoms with E-state index in [4.69, 9.17) is 4.74 Å². The van der Waals surface area contributed by atoms with Gasteiger partial charge in [-0.25, -0.2) is 0 Å². The number of aryl methyl sites for hydroxylation is 3. The highest BCUT2D eigenvalue weighted by Gasteiger charge is 2.20. The zero-order valence-electron chi connectivity index (χ0n) is 14.6. The Morgan fingerprint density at radius 2 is 2.00 bits per heavy atom. The maximum atomic E-state index is 12.2. The maximum Gasteiger partial charge on any atom is 0.279 e. The molecular formula is C19H22N2O3S. The van der Waals surface area contributed by atoms with E-state index in [0.29, 0.717) is 10.6 Å². The van der Waals surface area contributed by atoms with Gasteiger partial charge in [0.1, 0.15) is 5.75 Å². The van der Waals surface area contributed by atoms with Gasteiger partial charge < -0.3 is 4.74 Å². The highest BCUT2D eigenvalue weighted by atomic mass is 32.1. The predicted octanol–water partition coefficient (Wildman–Crippen LogP) is 3.08. The SMILES string of the molecule is Cc1cccc(O[C@@H](C)C(=O)NNC(=O)c2cc3c(s2)CCC3)c1C. The number of rotatable bonds is 4. The van der Waals surface area contributed by atoms with Crippen molar-refractivity contribution in [2.24, 2.45) is 0 Å². The largest absolute Gasteiger partial charge is 0.481 e. The lowest BCUT2D eigenvalue weighted by atomic mass is 10.1. The zero-order valence-corrected chi connectivity index (χ0v) is 15.5. The number of carbonyl (C=O) groups excluding carboxylic acids is 2. The van der Waals surface area contributed by atoms with E-state index < -0.39 is 12.0 Å². The molecule has 2 N–H and O–H groups in total. The van der Waals surface area contributed by atoms with Crippen molar-refractivity contribution in [3.8, 4) is 5.75 Å². The first-order valence-electron chi connectivity index (χ1n) is 8.40. The smallest absolute Gasteiger partial charge is 0.279 e. The van der Waals surface area contributed by atoms with Gasteiger partial charge in [0.15, 0.2) is 6.10 Å². The Labute approximate surface area is 151 Å². The van der Waals surface area contributed by atoms with E-state index in [1.165, 1.54) is 21.8 Å². The number of hydrogen-bond acceptors (Lipinski definition) is 4. The molecule has 1 aromatic carbocycles. The van der Waals surface area contributed by atoms with Crippen molar-refractivity contribution in [1.29, 1.82) is 0 Å². The first-order chi connectivity index (χ1) is 12.0. The predicted molar refractivity (Wildman–Crippen MR) is 98.0 cm³/mol. The van der Waals surface area contributed by atoms with Crippen LogP contribution in [0.4, 0.5) is 0 Å². The number of amides is 2. The van der Waals surface area contributed by atoms with Gasteiger partial charge in [0.05, 0.1) is 4.88 Å². The molecule has 0 radical (unpaired) electrons. The first-order valence-corrected chi connectivity index (χ1v) is 9.22. The molecule has 6 heteroatoms. The summed E-state index contributed by atoms with van der Waals surface area (Å²) in [6.07, 6.45) is 2.52. The van der Waals surface area contributed by atoms with E-state index in [1.807, 2.05) is 38.1 Å². The van der Waals surface area contributed by atoms with Crippen LogP contribution in [0.25, 0.3) is 0 Å². The minimum absolute atomic E-state index is 0.285. The van der Waals surface area contributed by atoms with Crippen molar-refractivity contribution in [3.05, 3.63) is 50.7 Å². The molecule has 0 bridgehead atoms. The number of carbonyl (C=O) groups is 2. The Morgan fingerprint density at radius 1 is 1.20 bits per heavy atom. The van der Waals surface area contributed by atoms with Gasteiger partial charge in [-0.15, -0.1) is 11.3 Å². The number of nitrogens with one attached hydrogen (secondary N) is 2. The van der Waals surface area contributed by atoms with Gasteiger partial charge in [-0.1, -0.05) is 12.1 Å². The van der Waals surface area contributed by atoms with Crippen molar-refractivity contribution < 1.29 is 14.3 Å².